The summed E-state index contributed by atoms with van der Waals surface area (Å²) in [5.41, 5.74) is 2.99. The summed E-state index contributed by atoms with van der Waals surface area (Å²) in [4.78, 5) is 26.9. The van der Waals surface area contributed by atoms with Crippen LogP contribution in [-0.2, 0) is 11.2 Å². The zero-order chi connectivity index (χ0) is 24.3. The van der Waals surface area contributed by atoms with Gasteiger partial charge in [-0.3, -0.25) is 14.9 Å². The van der Waals surface area contributed by atoms with Gasteiger partial charge in [-0.2, -0.15) is 0 Å². The number of hydrogen-bond acceptors (Lipinski definition) is 4. The van der Waals surface area contributed by atoms with Crippen molar-refractivity contribution in [2.45, 2.75) is 6.42 Å². The van der Waals surface area contributed by atoms with E-state index < -0.39 is 0 Å². The Bertz CT molecular complexity index is 1180. The molecule has 2 N–H and O–H groups in total. The van der Waals surface area contributed by atoms with Gasteiger partial charge in [0, 0.05) is 25.2 Å². The molecular formula is C27H27N3O3S. The van der Waals surface area contributed by atoms with Gasteiger partial charge in [-0.1, -0.05) is 60.7 Å². The topological polar surface area (TPSA) is 70.7 Å². The van der Waals surface area contributed by atoms with E-state index in [0.717, 1.165) is 17.5 Å². The fourth-order valence-corrected chi connectivity index (χ4v) is 3.53. The van der Waals surface area contributed by atoms with Gasteiger partial charge in [-0.15, -0.1) is 0 Å². The molecule has 0 aromatic heterocycles. The van der Waals surface area contributed by atoms with Gasteiger partial charge in [-0.05, 0) is 48.5 Å². The highest BCUT2D eigenvalue weighted by molar-refractivity contribution is 7.80. The first-order valence-corrected chi connectivity index (χ1v) is 11.2. The Labute approximate surface area is 205 Å². The average Bonchev–Trinajstić information content (AvgIpc) is 2.87. The Hall–Kier alpha value is -3.97. The molecule has 6 nitrogen and oxygen atoms in total. The number of nitrogens with one attached hydrogen (secondary N) is 2. The van der Waals surface area contributed by atoms with Crippen LogP contribution in [-0.4, -0.2) is 37.6 Å². The fourth-order valence-electron chi connectivity index (χ4n) is 3.33. The maximum absolute atomic E-state index is 12.8. The molecule has 0 aliphatic heterocycles. The predicted octanol–water partition coefficient (Wildman–Crippen LogP) is 4.22. The minimum Gasteiger partial charge on any atom is -0.496 e. The first-order valence-electron chi connectivity index (χ1n) is 10.8. The summed E-state index contributed by atoms with van der Waals surface area (Å²) in [7, 11) is 3.29. The van der Waals surface area contributed by atoms with Gasteiger partial charge in [0.1, 0.15) is 5.75 Å². The van der Waals surface area contributed by atoms with Crippen molar-refractivity contribution in [3.05, 3.63) is 102 Å². The highest BCUT2D eigenvalue weighted by Crippen LogP contribution is 2.20. The number of para-hydroxylation sites is 2. The maximum Gasteiger partial charge on any atom is 0.253 e. The number of thiocarbonyl (C=S) groups is 1. The predicted molar refractivity (Wildman–Crippen MR) is 140 cm³/mol. The third-order valence-corrected chi connectivity index (χ3v) is 5.52. The molecule has 0 fully saturated rings. The van der Waals surface area contributed by atoms with Crippen molar-refractivity contribution in [1.82, 2.24) is 10.6 Å². The lowest BCUT2D eigenvalue weighted by Gasteiger charge is -2.22. The zero-order valence-electron chi connectivity index (χ0n) is 19.2. The molecule has 0 bridgehead atoms. The Morgan fingerprint density at radius 1 is 0.971 bits per heavy atom. The second kappa shape index (κ2) is 12.3. The molecular weight excluding hydrogens is 446 g/mol. The van der Waals surface area contributed by atoms with E-state index in [4.69, 9.17) is 17.0 Å². The van der Waals surface area contributed by atoms with E-state index in [1.54, 1.807) is 43.3 Å². The standard InChI is InChI=1S/C27H27N3O3S/c1-30(27(34)29-25(31)17-16-21-12-6-9-15-24(21)33-2)23-14-8-7-13-22(23)26(32)28-19-18-20-10-4-3-5-11-20/h3-17H,18-19H2,1-2H3,(H,28,32)(H,29,31,34). The average molecular weight is 474 g/mol. The van der Waals surface area contributed by atoms with E-state index in [9.17, 15) is 9.59 Å². The lowest BCUT2D eigenvalue weighted by Crippen LogP contribution is -2.41. The van der Waals surface area contributed by atoms with Crippen molar-refractivity contribution >= 4 is 40.9 Å². The largest absolute Gasteiger partial charge is 0.496 e. The first kappa shape index (κ1) is 24.7. The Morgan fingerprint density at radius 2 is 1.65 bits per heavy atom. The van der Waals surface area contributed by atoms with Crippen molar-refractivity contribution in [3.8, 4) is 5.75 Å². The molecule has 34 heavy (non-hydrogen) atoms. The van der Waals surface area contributed by atoms with E-state index in [0.29, 0.717) is 23.5 Å². The summed E-state index contributed by atoms with van der Waals surface area (Å²) >= 11 is 5.42. The number of methoxy groups -OCH3 is 1. The molecule has 0 unspecified atom stereocenters. The third-order valence-electron chi connectivity index (χ3n) is 5.14. The highest BCUT2D eigenvalue weighted by atomic mass is 32.1. The maximum atomic E-state index is 12.8. The van der Waals surface area contributed by atoms with Crippen molar-refractivity contribution < 1.29 is 14.3 Å². The molecule has 0 saturated carbocycles. The SMILES string of the molecule is COc1ccccc1C=CC(=O)NC(=S)N(C)c1ccccc1C(=O)NCCc1ccccc1. The summed E-state index contributed by atoms with van der Waals surface area (Å²) in [6.07, 6.45) is 3.78. The summed E-state index contributed by atoms with van der Waals surface area (Å²) in [5, 5.41) is 5.81. The molecule has 0 aliphatic rings. The Morgan fingerprint density at radius 3 is 2.41 bits per heavy atom. The van der Waals surface area contributed by atoms with Crippen LogP contribution < -0.4 is 20.3 Å². The number of amides is 2. The van der Waals surface area contributed by atoms with E-state index in [1.165, 1.54) is 6.08 Å². The van der Waals surface area contributed by atoms with Gasteiger partial charge in [0.05, 0.1) is 18.4 Å². The molecule has 3 aromatic carbocycles. The van der Waals surface area contributed by atoms with E-state index in [-0.39, 0.29) is 16.9 Å². The summed E-state index contributed by atoms with van der Waals surface area (Å²) in [6.45, 7) is 0.510. The third kappa shape index (κ3) is 6.76. The van der Waals surface area contributed by atoms with Crippen LogP contribution in [0.5, 0.6) is 5.75 Å². The molecule has 2 amide bonds. The van der Waals surface area contributed by atoms with Crippen molar-refractivity contribution in [2.75, 3.05) is 25.6 Å². The number of carbonyl (C=O) groups excluding carboxylic acids is 2. The number of nitrogens with zero attached hydrogens (tertiary/aromatic N) is 1. The monoisotopic (exact) mass is 473 g/mol. The van der Waals surface area contributed by atoms with Crippen LogP contribution in [0.25, 0.3) is 6.08 Å². The number of benzene rings is 3. The number of anilines is 1. The van der Waals surface area contributed by atoms with Crippen LogP contribution in [0.15, 0.2) is 84.9 Å². The quantitative estimate of drug-likeness (QED) is 0.379. The van der Waals surface area contributed by atoms with Gasteiger partial charge < -0.3 is 15.0 Å². The van der Waals surface area contributed by atoms with Gasteiger partial charge in [0.25, 0.3) is 5.91 Å². The normalized spacial score (nSPS) is 10.5. The molecule has 0 heterocycles. The van der Waals surface area contributed by atoms with Crippen LogP contribution in [0.1, 0.15) is 21.5 Å². The van der Waals surface area contributed by atoms with Crippen LogP contribution in [0.3, 0.4) is 0 Å². The van der Waals surface area contributed by atoms with Crippen LogP contribution in [0.4, 0.5) is 5.69 Å². The van der Waals surface area contributed by atoms with Crippen LogP contribution in [0, 0.1) is 0 Å². The number of rotatable bonds is 8. The lowest BCUT2D eigenvalue weighted by molar-refractivity contribution is -0.115. The second-order valence-electron chi connectivity index (χ2n) is 7.44. The molecule has 0 aliphatic carbocycles. The van der Waals surface area contributed by atoms with Crippen LogP contribution in [0.2, 0.25) is 0 Å². The summed E-state index contributed by atoms with van der Waals surface area (Å²) < 4.78 is 5.29. The highest BCUT2D eigenvalue weighted by Gasteiger charge is 2.17. The molecule has 3 rings (SSSR count). The van der Waals surface area contributed by atoms with Crippen molar-refractivity contribution in [2.24, 2.45) is 0 Å². The van der Waals surface area contributed by atoms with Gasteiger partial charge in [0.15, 0.2) is 5.11 Å². The molecule has 7 heteroatoms. The summed E-state index contributed by atoms with van der Waals surface area (Å²) in [6, 6.07) is 24.5. The van der Waals surface area contributed by atoms with E-state index >= 15 is 0 Å². The lowest BCUT2D eigenvalue weighted by atomic mass is 10.1. The number of hydrogen-bond donors (Lipinski definition) is 2. The van der Waals surface area contributed by atoms with Crippen LogP contribution >= 0.6 is 12.2 Å². The van der Waals surface area contributed by atoms with Gasteiger partial charge in [-0.25, -0.2) is 0 Å². The van der Waals surface area contributed by atoms with Gasteiger partial charge >= 0.3 is 0 Å². The minimum atomic E-state index is -0.382. The number of ether oxygens (including phenoxy) is 1. The minimum absolute atomic E-state index is 0.180. The second-order valence-corrected chi connectivity index (χ2v) is 7.82. The zero-order valence-corrected chi connectivity index (χ0v) is 20.0. The Kier molecular flexibility index (Phi) is 8.94. The molecule has 3 aromatic rings. The Balaban J connectivity index is 1.62. The van der Waals surface area contributed by atoms with E-state index in [1.807, 2.05) is 60.7 Å². The smallest absolute Gasteiger partial charge is 0.253 e. The summed E-state index contributed by atoms with van der Waals surface area (Å²) in [5.74, 6) is 0.0783. The molecule has 0 atom stereocenters. The van der Waals surface area contributed by atoms with E-state index in [2.05, 4.69) is 10.6 Å². The van der Waals surface area contributed by atoms with Crippen molar-refractivity contribution in [1.29, 1.82) is 0 Å². The molecule has 0 radical (unpaired) electrons. The first-order chi connectivity index (χ1) is 16.5. The number of carbonyl (C=O) groups is 2. The molecule has 0 spiro atoms. The van der Waals surface area contributed by atoms with Crippen molar-refractivity contribution in [3.63, 3.8) is 0 Å². The fraction of sp³-hybridized carbons (Fsp3) is 0.148. The van der Waals surface area contributed by atoms with Gasteiger partial charge in [0.2, 0.25) is 5.91 Å². The molecule has 0 saturated heterocycles. The molecule has 174 valence electrons.